The van der Waals surface area contributed by atoms with Crippen molar-refractivity contribution in [3.05, 3.63) is 0 Å². The predicted molar refractivity (Wildman–Crippen MR) is 35.0 cm³/mol. The number of nitrogens with two attached hydrogens (primary N) is 1. The van der Waals surface area contributed by atoms with Crippen LogP contribution in [0.4, 0.5) is 8.78 Å². The van der Waals surface area contributed by atoms with E-state index in [0.717, 1.165) is 0 Å². The molecule has 0 rings (SSSR count). The van der Waals surface area contributed by atoms with Crippen LogP contribution < -0.4 is 5.73 Å². The van der Waals surface area contributed by atoms with Crippen molar-refractivity contribution in [1.82, 2.24) is 0 Å². The van der Waals surface area contributed by atoms with Gasteiger partial charge in [0.2, 0.25) is 0 Å². The highest BCUT2D eigenvalue weighted by Crippen LogP contribution is 2.01. The summed E-state index contributed by atoms with van der Waals surface area (Å²) in [4.78, 5) is 10.4. The van der Waals surface area contributed by atoms with E-state index in [4.69, 9.17) is 5.73 Å². The van der Waals surface area contributed by atoms with Gasteiger partial charge in [-0.2, -0.15) is 8.78 Å². The maximum absolute atomic E-state index is 11.3. The average molecular weight is 167 g/mol. The number of hydrogen-bond donors (Lipinski definition) is 1. The van der Waals surface area contributed by atoms with Gasteiger partial charge in [0.1, 0.15) is 0 Å². The molecule has 0 amide bonds. The Balaban J connectivity index is 3.23. The van der Waals surface area contributed by atoms with Gasteiger partial charge in [-0.1, -0.05) is 0 Å². The summed E-state index contributed by atoms with van der Waals surface area (Å²) < 4.78 is 26.2. The fourth-order valence-corrected chi connectivity index (χ4v) is 0.572. The van der Waals surface area contributed by atoms with E-state index in [2.05, 4.69) is 4.74 Å². The number of carbonyl (C=O) groups excluding carboxylic acids is 1. The van der Waals surface area contributed by atoms with Gasteiger partial charge < -0.3 is 10.5 Å². The molecule has 0 aliphatic heterocycles. The molecule has 0 aliphatic carbocycles. The molecular weight excluding hydrogens is 156 g/mol. The van der Waals surface area contributed by atoms with E-state index in [1.165, 1.54) is 0 Å². The topological polar surface area (TPSA) is 52.3 Å². The lowest BCUT2D eigenvalue weighted by atomic mass is 10.2. The number of halogens is 2. The molecule has 0 fully saturated rings. The molecule has 3 nitrogen and oxygen atoms in total. The Morgan fingerprint density at radius 1 is 1.45 bits per heavy atom. The predicted octanol–water partition coefficient (Wildman–Crippen LogP) is 0.881. The number of rotatable bonds is 5. The Hall–Kier alpha value is -0.710. The molecule has 0 aliphatic rings. The third-order valence-electron chi connectivity index (χ3n) is 1.06. The highest BCUT2D eigenvalue weighted by molar-refractivity contribution is 5.69. The highest BCUT2D eigenvalue weighted by atomic mass is 19.3. The lowest BCUT2D eigenvalue weighted by molar-refractivity contribution is -0.176. The van der Waals surface area contributed by atoms with Crippen LogP contribution >= 0.6 is 0 Å². The van der Waals surface area contributed by atoms with E-state index >= 15 is 0 Å². The zero-order valence-corrected chi connectivity index (χ0v) is 6.06. The first-order valence-corrected chi connectivity index (χ1v) is 3.34. The molecule has 0 saturated carbocycles. The molecule has 2 N–H and O–H groups in total. The standard InChI is InChI=1S/C6H11F2NO2/c7-6(8)11-5(10)3-1-2-4-9/h6H,1-4,9H2. The SMILES string of the molecule is NCCCCC(=O)OC(F)F. The van der Waals surface area contributed by atoms with Crippen LogP contribution in [0.3, 0.4) is 0 Å². The molecular formula is C6H11F2NO2. The van der Waals surface area contributed by atoms with Crippen LogP contribution in [0.1, 0.15) is 19.3 Å². The summed E-state index contributed by atoms with van der Waals surface area (Å²) in [6.45, 7) is -2.54. The summed E-state index contributed by atoms with van der Waals surface area (Å²) in [5, 5.41) is 0. The summed E-state index contributed by atoms with van der Waals surface area (Å²) in [5.41, 5.74) is 5.12. The van der Waals surface area contributed by atoms with E-state index in [1.807, 2.05) is 0 Å². The molecule has 0 aromatic carbocycles. The van der Waals surface area contributed by atoms with Gasteiger partial charge in [-0.3, -0.25) is 4.79 Å². The van der Waals surface area contributed by atoms with Gasteiger partial charge in [-0.25, -0.2) is 0 Å². The van der Waals surface area contributed by atoms with E-state index in [-0.39, 0.29) is 6.42 Å². The van der Waals surface area contributed by atoms with Crippen molar-refractivity contribution < 1.29 is 18.3 Å². The maximum atomic E-state index is 11.3. The number of unbranched alkanes of at least 4 members (excludes halogenated alkanes) is 1. The Morgan fingerprint density at radius 2 is 2.09 bits per heavy atom. The zero-order valence-electron chi connectivity index (χ0n) is 6.06. The van der Waals surface area contributed by atoms with Crippen LogP contribution in [0, 0.1) is 0 Å². The van der Waals surface area contributed by atoms with Crippen LogP contribution in [0.25, 0.3) is 0 Å². The Morgan fingerprint density at radius 3 is 2.55 bits per heavy atom. The van der Waals surface area contributed by atoms with Gasteiger partial charge >= 0.3 is 12.6 Å². The smallest absolute Gasteiger partial charge is 0.389 e. The molecule has 0 aromatic heterocycles. The summed E-state index contributed by atoms with van der Waals surface area (Å²) in [7, 11) is 0. The average Bonchev–Trinajstić information content (AvgIpc) is 1.86. The van der Waals surface area contributed by atoms with Crippen LogP contribution in [0.15, 0.2) is 0 Å². The van der Waals surface area contributed by atoms with Crippen molar-refractivity contribution in [1.29, 1.82) is 0 Å². The van der Waals surface area contributed by atoms with E-state index in [0.29, 0.717) is 19.4 Å². The molecule has 0 heterocycles. The lowest BCUT2D eigenvalue weighted by Crippen LogP contribution is -2.09. The van der Waals surface area contributed by atoms with E-state index in [1.54, 1.807) is 0 Å². The monoisotopic (exact) mass is 167 g/mol. The van der Waals surface area contributed by atoms with Gasteiger partial charge in [0.15, 0.2) is 0 Å². The first-order valence-electron chi connectivity index (χ1n) is 3.34. The first kappa shape index (κ1) is 10.3. The molecule has 0 spiro atoms. The normalized spacial score (nSPS) is 10.2. The zero-order chi connectivity index (χ0) is 8.69. The second-order valence-electron chi connectivity index (χ2n) is 2.00. The minimum Gasteiger partial charge on any atom is -0.403 e. The summed E-state index contributed by atoms with van der Waals surface area (Å²) in [5.74, 6) is -0.867. The third-order valence-corrected chi connectivity index (χ3v) is 1.06. The molecule has 66 valence electrons. The van der Waals surface area contributed by atoms with Gasteiger partial charge in [0.25, 0.3) is 0 Å². The Bertz CT molecular complexity index is 119. The van der Waals surface area contributed by atoms with Crippen molar-refractivity contribution in [3.8, 4) is 0 Å². The van der Waals surface area contributed by atoms with Crippen molar-refractivity contribution >= 4 is 5.97 Å². The van der Waals surface area contributed by atoms with Gasteiger partial charge in [0, 0.05) is 6.42 Å². The fraction of sp³-hybridized carbons (Fsp3) is 0.833. The van der Waals surface area contributed by atoms with Crippen LogP contribution in [0.2, 0.25) is 0 Å². The molecule has 0 aromatic rings. The quantitative estimate of drug-likeness (QED) is 0.488. The first-order chi connectivity index (χ1) is 5.16. The summed E-state index contributed by atoms with van der Waals surface area (Å²) >= 11 is 0. The van der Waals surface area contributed by atoms with Crippen LogP contribution in [0.5, 0.6) is 0 Å². The summed E-state index contributed by atoms with van der Waals surface area (Å²) in [6, 6.07) is 0. The largest absolute Gasteiger partial charge is 0.403 e. The van der Waals surface area contributed by atoms with Crippen molar-refractivity contribution in [2.24, 2.45) is 5.73 Å². The fourth-order valence-electron chi connectivity index (χ4n) is 0.572. The molecule has 0 radical (unpaired) electrons. The van der Waals surface area contributed by atoms with Gasteiger partial charge in [-0.15, -0.1) is 0 Å². The molecule has 11 heavy (non-hydrogen) atoms. The van der Waals surface area contributed by atoms with Crippen molar-refractivity contribution in [3.63, 3.8) is 0 Å². The molecule has 0 atom stereocenters. The second kappa shape index (κ2) is 6.03. The van der Waals surface area contributed by atoms with E-state index in [9.17, 15) is 13.6 Å². The second-order valence-corrected chi connectivity index (χ2v) is 2.00. The lowest BCUT2D eigenvalue weighted by Gasteiger charge is -2.00. The van der Waals surface area contributed by atoms with Gasteiger partial charge in [0.05, 0.1) is 0 Å². The molecule has 0 unspecified atom stereocenters. The highest BCUT2D eigenvalue weighted by Gasteiger charge is 2.08. The molecule has 0 bridgehead atoms. The van der Waals surface area contributed by atoms with Crippen molar-refractivity contribution in [2.45, 2.75) is 25.9 Å². The minimum atomic E-state index is -3.00. The molecule has 0 saturated heterocycles. The van der Waals surface area contributed by atoms with Gasteiger partial charge in [-0.05, 0) is 19.4 Å². The Kier molecular flexibility index (Phi) is 5.64. The Labute approximate surface area is 63.5 Å². The maximum Gasteiger partial charge on any atom is 0.389 e. The summed E-state index contributed by atoms with van der Waals surface area (Å²) in [6.07, 6.45) is 1.17. The number of carbonyl (C=O) groups is 1. The molecule has 5 heteroatoms. The number of alkyl halides is 2. The number of ether oxygens (including phenoxy) is 1. The number of esters is 1. The van der Waals surface area contributed by atoms with Crippen LogP contribution in [-0.4, -0.2) is 19.1 Å². The third kappa shape index (κ3) is 7.18. The minimum absolute atomic E-state index is 0.0154. The van der Waals surface area contributed by atoms with Crippen molar-refractivity contribution in [2.75, 3.05) is 6.54 Å². The van der Waals surface area contributed by atoms with Crippen LogP contribution in [-0.2, 0) is 9.53 Å². The van der Waals surface area contributed by atoms with E-state index < -0.39 is 12.6 Å². The number of hydrogen-bond acceptors (Lipinski definition) is 3.